The highest BCUT2D eigenvalue weighted by atomic mass is 35.5. The Morgan fingerprint density at radius 1 is 1.22 bits per heavy atom. The molecule has 144 valence electrons. The largest absolute Gasteiger partial charge is 0.352 e. The number of carbonyl (C=O) groups excluding carboxylic acids is 1. The predicted octanol–water partition coefficient (Wildman–Crippen LogP) is 2.26. The Morgan fingerprint density at radius 2 is 2.04 bits per heavy atom. The van der Waals surface area contributed by atoms with E-state index < -0.39 is 0 Å². The van der Waals surface area contributed by atoms with Crippen LogP contribution in [-0.4, -0.2) is 30.1 Å². The Bertz CT molecular complexity index is 893. The van der Waals surface area contributed by atoms with Crippen molar-refractivity contribution >= 4 is 18.3 Å². The van der Waals surface area contributed by atoms with Crippen molar-refractivity contribution in [3.8, 4) is 0 Å². The van der Waals surface area contributed by atoms with Crippen LogP contribution in [0, 0.1) is 12.8 Å². The molecule has 0 unspecified atom stereocenters. The van der Waals surface area contributed by atoms with Crippen LogP contribution in [0.25, 0.3) is 0 Å². The average molecular weight is 388 g/mol. The van der Waals surface area contributed by atoms with Crippen LogP contribution in [0.1, 0.15) is 39.5 Å². The van der Waals surface area contributed by atoms with E-state index in [4.69, 9.17) is 0 Å². The zero-order valence-electron chi connectivity index (χ0n) is 15.5. The van der Waals surface area contributed by atoms with E-state index >= 15 is 0 Å². The zero-order chi connectivity index (χ0) is 18.1. The van der Waals surface area contributed by atoms with Crippen LogP contribution in [0.3, 0.4) is 0 Å². The summed E-state index contributed by atoms with van der Waals surface area (Å²) >= 11 is 0. The first-order chi connectivity index (χ1) is 12.6. The van der Waals surface area contributed by atoms with E-state index in [1.807, 2.05) is 22.8 Å². The van der Waals surface area contributed by atoms with Gasteiger partial charge in [0.1, 0.15) is 5.56 Å². The van der Waals surface area contributed by atoms with E-state index in [0.717, 1.165) is 31.6 Å². The highest BCUT2D eigenvalue weighted by Gasteiger charge is 2.31. The van der Waals surface area contributed by atoms with Gasteiger partial charge in [-0.05, 0) is 55.5 Å². The quantitative estimate of drug-likeness (QED) is 0.845. The number of hydrogen-bond donors (Lipinski definition) is 2. The molecule has 2 aliphatic rings. The minimum Gasteiger partial charge on any atom is -0.352 e. The van der Waals surface area contributed by atoms with Crippen LogP contribution < -0.4 is 16.2 Å². The number of benzene rings is 1. The van der Waals surface area contributed by atoms with Gasteiger partial charge in [-0.3, -0.25) is 9.59 Å². The van der Waals surface area contributed by atoms with Crippen LogP contribution in [0.4, 0.5) is 0 Å². The molecular weight excluding hydrogens is 362 g/mol. The zero-order valence-corrected chi connectivity index (χ0v) is 16.3. The average Bonchev–Trinajstić information content (AvgIpc) is 2.64. The molecule has 6 heteroatoms. The molecule has 2 bridgehead atoms. The van der Waals surface area contributed by atoms with Crippen molar-refractivity contribution in [1.29, 1.82) is 0 Å². The lowest BCUT2D eigenvalue weighted by molar-refractivity contribution is 0.0951. The minimum atomic E-state index is -0.271. The summed E-state index contributed by atoms with van der Waals surface area (Å²) in [4.78, 5) is 25.4. The molecule has 2 aliphatic heterocycles. The molecule has 0 saturated carbocycles. The number of nitrogens with zero attached hydrogens (tertiary/aromatic N) is 1. The lowest BCUT2D eigenvalue weighted by Crippen LogP contribution is -2.46. The maximum atomic E-state index is 12.9. The Hall–Kier alpha value is -2.11. The van der Waals surface area contributed by atoms with E-state index in [9.17, 15) is 9.59 Å². The van der Waals surface area contributed by atoms with E-state index in [-0.39, 0.29) is 29.4 Å². The molecule has 1 aromatic carbocycles. The van der Waals surface area contributed by atoms with Crippen molar-refractivity contribution in [1.82, 2.24) is 15.2 Å². The number of carbonyl (C=O) groups is 1. The maximum absolute atomic E-state index is 12.9. The summed E-state index contributed by atoms with van der Waals surface area (Å²) in [6.07, 6.45) is 1.90. The molecule has 4 rings (SSSR count). The number of halogens is 1. The van der Waals surface area contributed by atoms with Gasteiger partial charge in [0, 0.05) is 31.2 Å². The van der Waals surface area contributed by atoms with E-state index in [0.29, 0.717) is 24.9 Å². The Balaban J connectivity index is 0.00000210. The predicted molar refractivity (Wildman–Crippen MR) is 109 cm³/mol. The van der Waals surface area contributed by atoms with Crippen molar-refractivity contribution in [2.75, 3.05) is 19.6 Å². The van der Waals surface area contributed by atoms with Crippen molar-refractivity contribution < 1.29 is 4.79 Å². The Labute approximate surface area is 165 Å². The van der Waals surface area contributed by atoms with Crippen molar-refractivity contribution in [3.63, 3.8) is 0 Å². The fourth-order valence-corrected chi connectivity index (χ4v) is 4.26. The van der Waals surface area contributed by atoms with Crippen LogP contribution >= 0.6 is 12.4 Å². The molecule has 3 heterocycles. The summed E-state index contributed by atoms with van der Waals surface area (Å²) in [5, 5.41) is 6.35. The fraction of sp³-hybridized carbons (Fsp3) is 0.429. The molecule has 27 heavy (non-hydrogen) atoms. The number of pyridine rings is 1. The van der Waals surface area contributed by atoms with Crippen molar-refractivity contribution in [2.45, 2.75) is 32.2 Å². The molecule has 2 aromatic rings. The number of piperidine rings is 1. The van der Waals surface area contributed by atoms with Gasteiger partial charge in [-0.1, -0.05) is 24.3 Å². The molecule has 0 radical (unpaired) electrons. The highest BCUT2D eigenvalue weighted by molar-refractivity contribution is 5.93. The van der Waals surface area contributed by atoms with Gasteiger partial charge in [-0.25, -0.2) is 0 Å². The first-order valence-corrected chi connectivity index (χ1v) is 9.40. The van der Waals surface area contributed by atoms with Gasteiger partial charge in [0.2, 0.25) is 0 Å². The number of aromatic nitrogens is 1. The topological polar surface area (TPSA) is 63.1 Å². The minimum absolute atomic E-state index is 0. The number of amides is 1. The summed E-state index contributed by atoms with van der Waals surface area (Å²) in [7, 11) is 0. The fourth-order valence-electron chi connectivity index (χ4n) is 4.26. The number of nitrogens with one attached hydrogen (secondary N) is 2. The Morgan fingerprint density at radius 3 is 2.85 bits per heavy atom. The molecule has 1 saturated heterocycles. The molecular formula is C21H26ClN3O2. The van der Waals surface area contributed by atoms with Crippen LogP contribution in [0.5, 0.6) is 0 Å². The van der Waals surface area contributed by atoms with Gasteiger partial charge in [0.25, 0.3) is 11.5 Å². The summed E-state index contributed by atoms with van der Waals surface area (Å²) in [5.41, 5.74) is 3.61. The highest BCUT2D eigenvalue weighted by Crippen LogP contribution is 2.31. The molecule has 1 aromatic heterocycles. The second-order valence-corrected chi connectivity index (χ2v) is 7.48. The van der Waals surface area contributed by atoms with Gasteiger partial charge in [0.05, 0.1) is 0 Å². The Kier molecular flexibility index (Phi) is 6.02. The van der Waals surface area contributed by atoms with Gasteiger partial charge < -0.3 is 15.2 Å². The number of rotatable bonds is 4. The molecule has 2 N–H and O–H groups in total. The molecule has 0 aliphatic carbocycles. The molecule has 1 amide bonds. The monoisotopic (exact) mass is 387 g/mol. The lowest BCUT2D eigenvalue weighted by atomic mass is 9.84. The molecule has 1 fully saturated rings. The van der Waals surface area contributed by atoms with Crippen LogP contribution in [0.2, 0.25) is 0 Å². The third-order valence-corrected chi connectivity index (χ3v) is 5.69. The van der Waals surface area contributed by atoms with E-state index in [1.165, 1.54) is 11.1 Å². The second kappa shape index (κ2) is 8.28. The molecule has 0 spiro atoms. The molecule has 5 nitrogen and oxygen atoms in total. The number of aryl methyl sites for hydroxylation is 1. The van der Waals surface area contributed by atoms with Gasteiger partial charge in [0.15, 0.2) is 0 Å². The van der Waals surface area contributed by atoms with Crippen LogP contribution in [-0.2, 0) is 13.0 Å². The number of fused-ring (bicyclic) bond motifs is 4. The normalized spacial score (nSPS) is 20.3. The smallest absolute Gasteiger partial charge is 0.263 e. The summed E-state index contributed by atoms with van der Waals surface area (Å²) < 4.78 is 1.83. The lowest BCUT2D eigenvalue weighted by Gasteiger charge is -2.37. The van der Waals surface area contributed by atoms with Crippen LogP contribution in [0.15, 0.2) is 41.2 Å². The third-order valence-electron chi connectivity index (χ3n) is 5.69. The summed E-state index contributed by atoms with van der Waals surface area (Å²) in [6, 6.07) is 11.8. The van der Waals surface area contributed by atoms with Crippen molar-refractivity contribution in [2.24, 2.45) is 5.92 Å². The summed E-state index contributed by atoms with van der Waals surface area (Å²) in [6.45, 7) is 5.17. The SMILES string of the molecule is Cc1ccccc1CCNC(=O)c1ccc2n(c1=O)C[C@@H]1CNC[C@H]2C1.Cl. The number of hydrogen-bond acceptors (Lipinski definition) is 3. The van der Waals surface area contributed by atoms with Gasteiger partial charge in [-0.2, -0.15) is 0 Å². The van der Waals surface area contributed by atoms with Gasteiger partial charge in [-0.15, -0.1) is 12.4 Å². The van der Waals surface area contributed by atoms with E-state index in [2.05, 4.69) is 29.7 Å². The maximum Gasteiger partial charge on any atom is 0.263 e. The first-order valence-electron chi connectivity index (χ1n) is 9.40. The van der Waals surface area contributed by atoms with Crippen molar-refractivity contribution in [3.05, 3.63) is 69.1 Å². The second-order valence-electron chi connectivity index (χ2n) is 7.48. The third kappa shape index (κ3) is 3.94. The summed E-state index contributed by atoms with van der Waals surface area (Å²) in [5.74, 6) is 0.597. The standard InChI is InChI=1S/C21H25N3O2.ClH/c1-14-4-2-3-5-16(14)8-9-23-20(25)18-6-7-19-17-10-15(11-22-12-17)13-24(19)21(18)26;/h2-7,15,17,22H,8-13H2,1H3,(H,23,25);1H/t15-,17+;/m0./s1. The van der Waals surface area contributed by atoms with E-state index in [1.54, 1.807) is 6.07 Å². The first kappa shape index (κ1) is 19.6. The molecule has 2 atom stereocenters. The van der Waals surface area contributed by atoms with Gasteiger partial charge >= 0.3 is 0 Å².